The first-order valence-electron chi connectivity index (χ1n) is 8.22. The fraction of sp³-hybridized carbons (Fsp3) is 0.933. The Hall–Kier alpha value is -0.130. The van der Waals surface area contributed by atoms with Crippen LogP contribution >= 0.6 is 24.0 Å². The summed E-state index contributed by atoms with van der Waals surface area (Å²) in [5.74, 6) is 0.788. The van der Waals surface area contributed by atoms with Crippen LogP contribution in [0.3, 0.4) is 0 Å². The predicted molar refractivity (Wildman–Crippen MR) is 112 cm³/mol. The number of aliphatic imine (C=N–C) groups is 1. The lowest BCUT2D eigenvalue weighted by Crippen LogP contribution is -2.54. The second kappa shape index (κ2) is 10.1. The van der Waals surface area contributed by atoms with Crippen LogP contribution in [0.15, 0.2) is 4.99 Å². The molecule has 0 aromatic heterocycles. The Morgan fingerprint density at radius 2 is 2.04 bits per heavy atom. The number of halogens is 1. The Balaban J connectivity index is 0.00000529. The smallest absolute Gasteiger partial charge is 0.209 e. The molecule has 1 fully saturated rings. The normalized spacial score (nSPS) is 19.9. The molecule has 1 atom stereocenters. The van der Waals surface area contributed by atoms with E-state index < -0.39 is 15.6 Å². The number of rotatable bonds is 7. The van der Waals surface area contributed by atoms with Gasteiger partial charge in [-0.25, -0.2) is 13.1 Å². The number of likely N-dealkylation sites (tertiary alicyclic amines) is 1. The third kappa shape index (κ3) is 8.30. The van der Waals surface area contributed by atoms with Crippen LogP contribution in [-0.4, -0.2) is 82.3 Å². The van der Waals surface area contributed by atoms with Gasteiger partial charge in [-0.3, -0.25) is 9.89 Å². The molecule has 9 heteroatoms. The van der Waals surface area contributed by atoms with Gasteiger partial charge < -0.3 is 10.2 Å². The Morgan fingerprint density at radius 1 is 1.42 bits per heavy atom. The summed E-state index contributed by atoms with van der Waals surface area (Å²) in [6.45, 7) is 9.55. The van der Waals surface area contributed by atoms with E-state index in [1.54, 1.807) is 7.05 Å². The highest BCUT2D eigenvalue weighted by Crippen LogP contribution is 2.17. The molecule has 0 radical (unpaired) electrons. The second-order valence-electron chi connectivity index (χ2n) is 6.96. The molecule has 0 amide bonds. The molecule has 1 aliphatic rings. The van der Waals surface area contributed by atoms with Gasteiger partial charge in [-0.15, -0.1) is 24.0 Å². The number of hydrogen-bond donors (Lipinski definition) is 2. The van der Waals surface area contributed by atoms with E-state index in [2.05, 4.69) is 31.8 Å². The number of nitrogens with one attached hydrogen (secondary N) is 2. The monoisotopic (exact) mass is 475 g/mol. The first-order valence-corrected chi connectivity index (χ1v) is 10.1. The first kappa shape index (κ1) is 23.9. The summed E-state index contributed by atoms with van der Waals surface area (Å²) in [5.41, 5.74) is -0.576. The maximum absolute atomic E-state index is 11.4. The highest BCUT2D eigenvalue weighted by molar-refractivity contribution is 14.0. The molecule has 1 aliphatic heterocycles. The molecule has 1 heterocycles. The topological polar surface area (TPSA) is 77.0 Å². The fourth-order valence-electron chi connectivity index (χ4n) is 3.14. The Labute approximate surface area is 164 Å². The molecule has 24 heavy (non-hydrogen) atoms. The zero-order valence-corrected chi connectivity index (χ0v) is 18.9. The minimum absolute atomic E-state index is 0. The van der Waals surface area contributed by atoms with Gasteiger partial charge in [0.25, 0.3) is 0 Å². The van der Waals surface area contributed by atoms with Gasteiger partial charge in [0.15, 0.2) is 5.96 Å². The molecule has 0 aromatic rings. The second-order valence-corrected chi connectivity index (χ2v) is 8.71. The minimum Gasteiger partial charge on any atom is -0.354 e. The van der Waals surface area contributed by atoms with Gasteiger partial charge in [0.1, 0.15) is 0 Å². The number of likely N-dealkylation sites (N-methyl/N-ethyl adjacent to an activating group) is 2. The average molecular weight is 475 g/mol. The van der Waals surface area contributed by atoms with Crippen molar-refractivity contribution < 1.29 is 8.42 Å². The van der Waals surface area contributed by atoms with E-state index in [1.807, 2.05) is 20.9 Å². The van der Waals surface area contributed by atoms with Gasteiger partial charge in [-0.2, -0.15) is 0 Å². The Morgan fingerprint density at radius 3 is 2.54 bits per heavy atom. The summed E-state index contributed by atoms with van der Waals surface area (Å²) in [4.78, 5) is 8.94. The summed E-state index contributed by atoms with van der Waals surface area (Å²) >= 11 is 0. The summed E-state index contributed by atoms with van der Waals surface area (Å²) < 4.78 is 25.4. The summed E-state index contributed by atoms with van der Waals surface area (Å²) in [5, 5.41) is 3.27. The van der Waals surface area contributed by atoms with Crippen molar-refractivity contribution in [1.82, 2.24) is 19.8 Å². The lowest BCUT2D eigenvalue weighted by atomic mass is 10.1. The number of sulfonamides is 1. The van der Waals surface area contributed by atoms with E-state index >= 15 is 0 Å². The molecule has 7 nitrogen and oxygen atoms in total. The van der Waals surface area contributed by atoms with Gasteiger partial charge in [0.05, 0.1) is 6.26 Å². The van der Waals surface area contributed by atoms with Crippen LogP contribution in [0.5, 0.6) is 0 Å². The van der Waals surface area contributed by atoms with Crippen molar-refractivity contribution in [3.05, 3.63) is 0 Å². The molecular weight excluding hydrogens is 441 g/mol. The molecule has 0 bridgehead atoms. The van der Waals surface area contributed by atoms with Crippen LogP contribution in [0.2, 0.25) is 0 Å². The molecule has 0 spiro atoms. The van der Waals surface area contributed by atoms with Crippen LogP contribution in [0.25, 0.3) is 0 Å². The van der Waals surface area contributed by atoms with Gasteiger partial charge in [-0.1, -0.05) is 6.92 Å². The van der Waals surface area contributed by atoms with Crippen molar-refractivity contribution in [3.63, 3.8) is 0 Å². The number of guanidine groups is 1. The molecular formula is C15H34IN5O2S. The molecule has 0 aromatic carbocycles. The van der Waals surface area contributed by atoms with Crippen molar-refractivity contribution in [1.29, 1.82) is 0 Å². The average Bonchev–Trinajstić information content (AvgIpc) is 2.83. The summed E-state index contributed by atoms with van der Waals surface area (Å²) in [6, 6.07) is 0.561. The van der Waals surface area contributed by atoms with Crippen LogP contribution < -0.4 is 10.0 Å². The molecule has 2 N–H and O–H groups in total. The van der Waals surface area contributed by atoms with Crippen LogP contribution in [0.1, 0.15) is 33.6 Å². The zero-order chi connectivity index (χ0) is 17.7. The summed E-state index contributed by atoms with van der Waals surface area (Å²) in [7, 11) is 0.542. The molecule has 1 saturated heterocycles. The van der Waals surface area contributed by atoms with Crippen molar-refractivity contribution in [2.75, 3.05) is 46.5 Å². The molecule has 1 rings (SSSR count). The van der Waals surface area contributed by atoms with Crippen LogP contribution in [-0.2, 0) is 10.0 Å². The van der Waals surface area contributed by atoms with Crippen LogP contribution in [0, 0.1) is 0 Å². The molecule has 0 aliphatic carbocycles. The van der Waals surface area contributed by atoms with Crippen molar-refractivity contribution in [3.8, 4) is 0 Å². The highest BCUT2D eigenvalue weighted by Gasteiger charge is 2.26. The molecule has 0 saturated carbocycles. The maximum Gasteiger partial charge on any atom is 0.209 e. The standard InChI is InChI=1S/C15H33N5O2S.HI/c1-7-20-10-8-9-13(20)11-19(5)14(16-4)17-12-15(2,3)18-23(6,21)22;/h13,18H,7-12H2,1-6H3,(H,16,17);1H. The van der Waals surface area contributed by atoms with E-state index in [0.717, 1.165) is 19.0 Å². The Bertz CT molecular complexity index is 510. The summed E-state index contributed by atoms with van der Waals surface area (Å²) in [6.07, 6.45) is 3.65. The number of hydrogen-bond acceptors (Lipinski definition) is 4. The zero-order valence-electron chi connectivity index (χ0n) is 15.8. The largest absolute Gasteiger partial charge is 0.354 e. The molecule has 144 valence electrons. The van der Waals surface area contributed by atoms with Gasteiger partial charge in [-0.05, 0) is 39.8 Å². The van der Waals surface area contributed by atoms with Gasteiger partial charge in [0.2, 0.25) is 10.0 Å². The molecule has 1 unspecified atom stereocenters. The maximum atomic E-state index is 11.4. The van der Waals surface area contributed by atoms with Crippen LogP contribution in [0.4, 0.5) is 0 Å². The van der Waals surface area contributed by atoms with E-state index in [0.29, 0.717) is 12.6 Å². The quantitative estimate of drug-likeness (QED) is 0.326. The SMILES string of the molecule is CCN1CCCC1CN(C)C(=NC)NCC(C)(C)NS(C)(=O)=O.I. The lowest BCUT2D eigenvalue weighted by Gasteiger charge is -2.32. The third-order valence-electron chi connectivity index (χ3n) is 4.11. The van der Waals surface area contributed by atoms with E-state index in [9.17, 15) is 8.42 Å². The van der Waals surface area contributed by atoms with E-state index in [4.69, 9.17) is 0 Å². The lowest BCUT2D eigenvalue weighted by molar-refractivity contribution is 0.232. The van der Waals surface area contributed by atoms with Crippen molar-refractivity contribution >= 4 is 40.0 Å². The van der Waals surface area contributed by atoms with Gasteiger partial charge >= 0.3 is 0 Å². The fourth-order valence-corrected chi connectivity index (χ4v) is 4.22. The predicted octanol–water partition coefficient (Wildman–Crippen LogP) is 0.924. The van der Waals surface area contributed by atoms with E-state index in [1.165, 1.54) is 25.6 Å². The number of nitrogens with zero attached hydrogens (tertiary/aromatic N) is 3. The minimum atomic E-state index is -3.24. The van der Waals surface area contributed by atoms with Crippen molar-refractivity contribution in [2.45, 2.75) is 45.2 Å². The highest BCUT2D eigenvalue weighted by atomic mass is 127. The van der Waals surface area contributed by atoms with E-state index in [-0.39, 0.29) is 24.0 Å². The van der Waals surface area contributed by atoms with Crippen molar-refractivity contribution in [2.24, 2.45) is 4.99 Å². The Kier molecular flexibility index (Phi) is 10.1. The third-order valence-corrected chi connectivity index (χ3v) is 5.04. The first-order chi connectivity index (χ1) is 10.6. The van der Waals surface area contributed by atoms with Gasteiger partial charge in [0, 0.05) is 38.8 Å².